The number of carbonyl (C=O) groups is 1. The van der Waals surface area contributed by atoms with Gasteiger partial charge in [0.15, 0.2) is 0 Å². The Morgan fingerprint density at radius 3 is 2.25 bits per heavy atom. The smallest absolute Gasteiger partial charge is 0.330 e. The number of hydrogen-bond donors (Lipinski definition) is 0. The maximum absolute atomic E-state index is 10.6. The molecule has 0 saturated carbocycles. The molecule has 0 aromatic heterocycles. The van der Waals surface area contributed by atoms with Crippen LogP contribution in [0.15, 0.2) is 12.2 Å². The standard InChI is InChI=1S/C8H14O2.C2H6/c1-4-10-8(9)6-5-7(2)3;1-2/h5-7H,4H2,1-3H3;1-2H3/b6-5+;. The van der Waals surface area contributed by atoms with Crippen molar-refractivity contribution in [3.05, 3.63) is 12.2 Å². The zero-order chi connectivity index (χ0) is 9.98. The Morgan fingerprint density at radius 1 is 1.42 bits per heavy atom. The fraction of sp³-hybridized carbons (Fsp3) is 0.700. The van der Waals surface area contributed by atoms with E-state index >= 15 is 0 Å². The molecule has 0 saturated heterocycles. The molecule has 72 valence electrons. The van der Waals surface area contributed by atoms with E-state index in [1.807, 2.05) is 33.8 Å². The third-order valence-corrected chi connectivity index (χ3v) is 0.904. The third-order valence-electron chi connectivity index (χ3n) is 0.904. The van der Waals surface area contributed by atoms with Crippen molar-refractivity contribution in [1.82, 2.24) is 0 Å². The number of hydrogen-bond acceptors (Lipinski definition) is 2. The van der Waals surface area contributed by atoms with E-state index < -0.39 is 0 Å². The topological polar surface area (TPSA) is 26.3 Å². The molecule has 0 aliphatic rings. The summed E-state index contributed by atoms with van der Waals surface area (Å²) in [5.41, 5.74) is 0. The molecule has 0 unspecified atom stereocenters. The Balaban J connectivity index is 0. The highest BCUT2D eigenvalue weighted by Crippen LogP contribution is 1.93. The highest BCUT2D eigenvalue weighted by Gasteiger charge is 1.92. The molecule has 0 aliphatic carbocycles. The normalized spacial score (nSPS) is 9.50. The molecule has 0 atom stereocenters. The lowest BCUT2D eigenvalue weighted by Crippen LogP contribution is -1.99. The van der Waals surface area contributed by atoms with Gasteiger partial charge in [0.25, 0.3) is 0 Å². The molecular formula is C10H20O2. The van der Waals surface area contributed by atoms with Crippen molar-refractivity contribution in [2.75, 3.05) is 6.61 Å². The van der Waals surface area contributed by atoms with Crippen LogP contribution >= 0.6 is 0 Å². The highest BCUT2D eigenvalue weighted by molar-refractivity contribution is 5.81. The molecule has 0 spiro atoms. The monoisotopic (exact) mass is 172 g/mol. The lowest BCUT2D eigenvalue weighted by atomic mass is 10.2. The molecule has 0 fully saturated rings. The molecule has 0 aromatic rings. The van der Waals surface area contributed by atoms with Crippen molar-refractivity contribution >= 4 is 5.97 Å². The van der Waals surface area contributed by atoms with E-state index in [1.54, 1.807) is 6.92 Å². The van der Waals surface area contributed by atoms with Gasteiger partial charge in [-0.15, -0.1) is 0 Å². The van der Waals surface area contributed by atoms with Crippen LogP contribution in [0, 0.1) is 5.92 Å². The van der Waals surface area contributed by atoms with Crippen LogP contribution in [0.3, 0.4) is 0 Å². The summed E-state index contributed by atoms with van der Waals surface area (Å²) >= 11 is 0. The summed E-state index contributed by atoms with van der Waals surface area (Å²) in [6.07, 6.45) is 3.28. The van der Waals surface area contributed by atoms with E-state index in [0.29, 0.717) is 12.5 Å². The summed E-state index contributed by atoms with van der Waals surface area (Å²) in [4.78, 5) is 10.6. The summed E-state index contributed by atoms with van der Waals surface area (Å²) in [5.74, 6) is 0.153. The Morgan fingerprint density at radius 2 is 1.92 bits per heavy atom. The Labute approximate surface area is 75.6 Å². The molecule has 0 amide bonds. The number of rotatable bonds is 3. The molecule has 0 aromatic carbocycles. The van der Waals surface area contributed by atoms with E-state index in [9.17, 15) is 4.79 Å². The Kier molecular flexibility index (Phi) is 11.7. The summed E-state index contributed by atoms with van der Waals surface area (Å²) in [5, 5.41) is 0. The van der Waals surface area contributed by atoms with Crippen molar-refractivity contribution < 1.29 is 9.53 Å². The molecule has 0 rings (SSSR count). The summed E-state index contributed by atoms with van der Waals surface area (Å²) < 4.78 is 4.67. The molecule has 0 heterocycles. The van der Waals surface area contributed by atoms with Crippen molar-refractivity contribution in [2.45, 2.75) is 34.6 Å². The molecule has 0 aliphatic heterocycles. The summed E-state index contributed by atoms with van der Waals surface area (Å²) in [7, 11) is 0. The second-order valence-electron chi connectivity index (χ2n) is 2.36. The van der Waals surface area contributed by atoms with Crippen LogP contribution in [0.1, 0.15) is 34.6 Å². The predicted molar refractivity (Wildman–Crippen MR) is 52.0 cm³/mol. The minimum atomic E-state index is -0.254. The van der Waals surface area contributed by atoms with Crippen LogP contribution in [-0.4, -0.2) is 12.6 Å². The van der Waals surface area contributed by atoms with Crippen molar-refractivity contribution in [3.8, 4) is 0 Å². The van der Waals surface area contributed by atoms with E-state index in [1.165, 1.54) is 6.08 Å². The number of esters is 1. The van der Waals surface area contributed by atoms with Gasteiger partial charge >= 0.3 is 5.97 Å². The first-order valence-electron chi connectivity index (χ1n) is 4.51. The first-order chi connectivity index (χ1) is 5.66. The lowest BCUT2D eigenvalue weighted by molar-refractivity contribution is -0.137. The van der Waals surface area contributed by atoms with E-state index in [4.69, 9.17) is 0 Å². The molecule has 12 heavy (non-hydrogen) atoms. The third kappa shape index (κ3) is 11.9. The zero-order valence-electron chi connectivity index (χ0n) is 8.76. The van der Waals surface area contributed by atoms with Gasteiger partial charge in [-0.05, 0) is 12.8 Å². The van der Waals surface area contributed by atoms with Crippen molar-refractivity contribution in [1.29, 1.82) is 0 Å². The minimum Gasteiger partial charge on any atom is -0.463 e. The molecule has 0 radical (unpaired) electrons. The Bertz CT molecular complexity index is 126. The fourth-order valence-corrected chi connectivity index (χ4v) is 0.461. The lowest BCUT2D eigenvalue weighted by Gasteiger charge is -1.95. The number of ether oxygens (including phenoxy) is 1. The van der Waals surface area contributed by atoms with E-state index in [2.05, 4.69) is 4.74 Å². The second-order valence-corrected chi connectivity index (χ2v) is 2.36. The van der Waals surface area contributed by atoms with Crippen molar-refractivity contribution in [2.24, 2.45) is 5.92 Å². The van der Waals surface area contributed by atoms with Gasteiger partial charge in [0, 0.05) is 6.08 Å². The van der Waals surface area contributed by atoms with Crippen LogP contribution in [0.5, 0.6) is 0 Å². The first-order valence-corrected chi connectivity index (χ1v) is 4.51. The van der Waals surface area contributed by atoms with Gasteiger partial charge < -0.3 is 4.74 Å². The predicted octanol–water partition coefficient (Wildman–Crippen LogP) is 2.79. The van der Waals surface area contributed by atoms with Gasteiger partial charge in [-0.2, -0.15) is 0 Å². The molecule has 2 nitrogen and oxygen atoms in total. The molecule has 0 bridgehead atoms. The first kappa shape index (κ1) is 13.8. The van der Waals surface area contributed by atoms with Crippen LogP contribution in [-0.2, 0) is 9.53 Å². The van der Waals surface area contributed by atoms with Crippen LogP contribution in [0.2, 0.25) is 0 Å². The second kappa shape index (κ2) is 10.2. The minimum absolute atomic E-state index is 0.254. The van der Waals surface area contributed by atoms with Crippen LogP contribution in [0.4, 0.5) is 0 Å². The summed E-state index contributed by atoms with van der Waals surface area (Å²) in [6, 6.07) is 0. The summed E-state index contributed by atoms with van der Waals surface area (Å²) in [6.45, 7) is 10.3. The van der Waals surface area contributed by atoms with Crippen LogP contribution < -0.4 is 0 Å². The van der Waals surface area contributed by atoms with E-state index in [-0.39, 0.29) is 5.97 Å². The zero-order valence-corrected chi connectivity index (χ0v) is 8.76. The maximum atomic E-state index is 10.6. The van der Waals surface area contributed by atoms with Gasteiger partial charge in [0.2, 0.25) is 0 Å². The van der Waals surface area contributed by atoms with E-state index in [0.717, 1.165) is 0 Å². The van der Waals surface area contributed by atoms with Gasteiger partial charge in [-0.1, -0.05) is 33.8 Å². The molecular weight excluding hydrogens is 152 g/mol. The highest BCUT2D eigenvalue weighted by atomic mass is 16.5. The largest absolute Gasteiger partial charge is 0.463 e. The number of carbonyl (C=O) groups excluding carboxylic acids is 1. The van der Waals surface area contributed by atoms with Gasteiger partial charge in [-0.25, -0.2) is 4.79 Å². The Hall–Kier alpha value is -0.790. The fourth-order valence-electron chi connectivity index (χ4n) is 0.461. The molecule has 2 heteroatoms. The average Bonchev–Trinajstić information content (AvgIpc) is 2.05. The average molecular weight is 172 g/mol. The maximum Gasteiger partial charge on any atom is 0.330 e. The molecule has 0 N–H and O–H groups in total. The SMILES string of the molecule is CC.CCOC(=O)/C=C/C(C)C. The van der Waals surface area contributed by atoms with Crippen molar-refractivity contribution in [3.63, 3.8) is 0 Å². The van der Waals surface area contributed by atoms with Gasteiger partial charge in [-0.3, -0.25) is 0 Å². The van der Waals surface area contributed by atoms with Gasteiger partial charge in [0.1, 0.15) is 0 Å². The van der Waals surface area contributed by atoms with Gasteiger partial charge in [0.05, 0.1) is 6.61 Å². The number of allylic oxidation sites excluding steroid dienone is 1. The van der Waals surface area contributed by atoms with Crippen LogP contribution in [0.25, 0.3) is 0 Å². The quantitative estimate of drug-likeness (QED) is 0.483.